The first-order valence-corrected chi connectivity index (χ1v) is 2.30. The highest BCUT2D eigenvalue weighted by Gasteiger charge is 2.20. The zero-order chi connectivity index (χ0) is 9.02. The zero-order valence-electron chi connectivity index (χ0n) is 4.92. The largest absolute Gasteiger partial charge is 0.292 e. The van der Waals surface area contributed by atoms with Crippen molar-refractivity contribution in [2.75, 3.05) is 0 Å². The van der Waals surface area contributed by atoms with E-state index in [1.54, 1.807) is 0 Å². The summed E-state index contributed by atoms with van der Waals surface area (Å²) in [5.74, 6) is -7.42. The first-order valence-electron chi connectivity index (χ1n) is 2.30. The minimum atomic E-state index is -3.78. The second kappa shape index (κ2) is 4.05. The van der Waals surface area contributed by atoms with Crippen LogP contribution < -0.4 is 0 Å². The monoisotopic (exact) mass is 176 g/mol. The minimum absolute atomic E-state index is 0.947. The lowest BCUT2D eigenvalue weighted by molar-refractivity contribution is 0.152. The third-order valence-corrected chi connectivity index (χ3v) is 0.707. The van der Waals surface area contributed by atoms with Crippen molar-refractivity contribution in [3.05, 3.63) is 23.8 Å². The molecule has 0 unspecified atom stereocenters. The summed E-state index contributed by atoms with van der Waals surface area (Å²) in [4.78, 5) is 0. The summed E-state index contributed by atoms with van der Waals surface area (Å²) < 4.78 is 68.5. The van der Waals surface area contributed by atoms with Crippen molar-refractivity contribution in [3.63, 3.8) is 0 Å². The fraction of sp³-hybridized carbons (Fsp3) is 0.200. The molecule has 0 rings (SSSR count). The van der Waals surface area contributed by atoms with Gasteiger partial charge in [0.05, 0.1) is 0 Å². The molecule has 0 atom stereocenters. The Morgan fingerprint density at radius 3 is 1.82 bits per heavy atom. The van der Waals surface area contributed by atoms with Crippen LogP contribution in [0.2, 0.25) is 0 Å². The van der Waals surface area contributed by atoms with E-state index in [0.29, 0.717) is 0 Å². The Morgan fingerprint density at radius 1 is 1.09 bits per heavy atom. The van der Waals surface area contributed by atoms with Crippen LogP contribution in [0.3, 0.4) is 0 Å². The van der Waals surface area contributed by atoms with Gasteiger partial charge >= 0.3 is 0 Å². The van der Waals surface area contributed by atoms with Crippen LogP contribution in [0.15, 0.2) is 23.8 Å². The van der Waals surface area contributed by atoms with Crippen molar-refractivity contribution in [2.45, 2.75) is 6.43 Å². The molecule has 0 saturated carbocycles. The van der Waals surface area contributed by atoms with Crippen molar-refractivity contribution < 1.29 is 26.3 Å². The molecule has 0 aromatic carbocycles. The van der Waals surface area contributed by atoms with Crippen LogP contribution in [0, 0.1) is 0 Å². The molecule has 0 heterocycles. The number of hydrogen-bond donors (Lipinski definition) is 0. The summed E-state index contributed by atoms with van der Waals surface area (Å²) in [5.41, 5.74) is 0. The zero-order valence-corrected chi connectivity index (χ0v) is 4.92. The van der Waals surface area contributed by atoms with Crippen molar-refractivity contribution in [2.24, 2.45) is 0 Å². The summed E-state index contributed by atoms with van der Waals surface area (Å²) in [6.07, 6.45) is -4.72. The van der Waals surface area contributed by atoms with Gasteiger partial charge in [-0.3, -0.25) is 0 Å². The predicted molar refractivity (Wildman–Crippen MR) is 25.5 cm³/mol. The van der Waals surface area contributed by atoms with Gasteiger partial charge in [0.15, 0.2) is 11.7 Å². The first-order chi connectivity index (χ1) is 5.00. The molecule has 0 spiro atoms. The third kappa shape index (κ3) is 2.65. The molecule has 0 saturated heterocycles. The van der Waals surface area contributed by atoms with Crippen LogP contribution in [-0.4, -0.2) is 6.43 Å². The Bertz CT molecular complexity index is 191. The van der Waals surface area contributed by atoms with E-state index in [9.17, 15) is 26.3 Å². The lowest BCUT2D eigenvalue weighted by atomic mass is 10.4. The number of rotatable bonds is 2. The molecule has 0 aliphatic rings. The molecule has 0 fully saturated rings. The Labute approximate surface area is 57.8 Å². The number of hydrogen-bond acceptors (Lipinski definition) is 0. The summed E-state index contributed by atoms with van der Waals surface area (Å²) >= 11 is 0. The summed E-state index contributed by atoms with van der Waals surface area (Å²) in [6.45, 7) is 0. The van der Waals surface area contributed by atoms with Gasteiger partial charge in [0, 0.05) is 0 Å². The van der Waals surface area contributed by atoms with Gasteiger partial charge in [-0.25, -0.2) is 26.3 Å². The molecule has 0 bridgehead atoms. The Morgan fingerprint density at radius 2 is 1.55 bits per heavy atom. The number of allylic oxidation sites excluding steroid dienone is 3. The standard InChI is InChI=1S/C5H2F6/c6-1-2(7)3(8)4(9)5(10)11/h1,5H/b2-1-,4-3+. The summed E-state index contributed by atoms with van der Waals surface area (Å²) in [7, 11) is 0. The molecule has 11 heavy (non-hydrogen) atoms. The smallest absolute Gasteiger partial charge is 0.212 e. The quantitative estimate of drug-likeness (QED) is 0.447. The van der Waals surface area contributed by atoms with Gasteiger partial charge in [-0.1, -0.05) is 0 Å². The van der Waals surface area contributed by atoms with Crippen molar-refractivity contribution in [1.82, 2.24) is 0 Å². The van der Waals surface area contributed by atoms with E-state index in [2.05, 4.69) is 0 Å². The molecule has 0 radical (unpaired) electrons. The average Bonchev–Trinajstić information content (AvgIpc) is 2.00. The highest BCUT2D eigenvalue weighted by Crippen LogP contribution is 2.23. The van der Waals surface area contributed by atoms with Gasteiger partial charge in [-0.2, -0.15) is 0 Å². The Balaban J connectivity index is 4.67. The van der Waals surface area contributed by atoms with Gasteiger partial charge in [-0.15, -0.1) is 0 Å². The van der Waals surface area contributed by atoms with Crippen LogP contribution in [0.25, 0.3) is 0 Å². The summed E-state index contributed by atoms with van der Waals surface area (Å²) in [5, 5.41) is 0. The second-order valence-electron chi connectivity index (χ2n) is 1.42. The molecule has 0 aromatic heterocycles. The highest BCUT2D eigenvalue weighted by molar-refractivity contribution is 5.20. The van der Waals surface area contributed by atoms with Gasteiger partial charge in [0.25, 0.3) is 6.43 Å². The van der Waals surface area contributed by atoms with E-state index >= 15 is 0 Å². The second-order valence-corrected chi connectivity index (χ2v) is 1.42. The SMILES string of the molecule is F/C=C(F)/C(F)=C(\F)C(F)F. The first kappa shape index (κ1) is 10.1. The molecule has 0 aromatic rings. The molecule has 0 aliphatic heterocycles. The van der Waals surface area contributed by atoms with Gasteiger partial charge in [-0.05, 0) is 0 Å². The normalized spacial score (nSPS) is 15.4. The van der Waals surface area contributed by atoms with E-state index in [1.165, 1.54) is 0 Å². The van der Waals surface area contributed by atoms with E-state index in [4.69, 9.17) is 0 Å². The fourth-order valence-corrected chi connectivity index (χ4v) is 0.258. The van der Waals surface area contributed by atoms with Crippen molar-refractivity contribution >= 4 is 0 Å². The van der Waals surface area contributed by atoms with Gasteiger partial charge in [0.1, 0.15) is 6.33 Å². The van der Waals surface area contributed by atoms with Crippen LogP contribution in [0.4, 0.5) is 26.3 Å². The van der Waals surface area contributed by atoms with Crippen LogP contribution in [0.1, 0.15) is 0 Å². The number of alkyl halides is 2. The Hall–Kier alpha value is -0.940. The maximum Gasteiger partial charge on any atom is 0.292 e. The van der Waals surface area contributed by atoms with E-state index < -0.39 is 30.2 Å². The summed E-state index contributed by atoms with van der Waals surface area (Å²) in [6, 6.07) is 0. The van der Waals surface area contributed by atoms with E-state index in [-0.39, 0.29) is 0 Å². The van der Waals surface area contributed by atoms with E-state index in [0.717, 1.165) is 0 Å². The van der Waals surface area contributed by atoms with Crippen LogP contribution >= 0.6 is 0 Å². The molecule has 0 amide bonds. The molecule has 0 N–H and O–H groups in total. The van der Waals surface area contributed by atoms with Crippen molar-refractivity contribution in [1.29, 1.82) is 0 Å². The Kier molecular flexibility index (Phi) is 3.70. The topological polar surface area (TPSA) is 0 Å². The van der Waals surface area contributed by atoms with Crippen LogP contribution in [0.5, 0.6) is 0 Å². The average molecular weight is 176 g/mol. The van der Waals surface area contributed by atoms with E-state index in [1.807, 2.05) is 0 Å². The maximum atomic E-state index is 11.8. The highest BCUT2D eigenvalue weighted by atomic mass is 19.3. The van der Waals surface area contributed by atoms with Gasteiger partial charge in [0.2, 0.25) is 5.83 Å². The molecular formula is C5H2F6. The lowest BCUT2D eigenvalue weighted by Gasteiger charge is -1.94. The molecular weight excluding hydrogens is 174 g/mol. The number of halogens is 6. The lowest BCUT2D eigenvalue weighted by Crippen LogP contribution is -1.94. The predicted octanol–water partition coefficient (Wildman–Crippen LogP) is 3.18. The fourth-order valence-electron chi connectivity index (χ4n) is 0.258. The molecule has 0 aliphatic carbocycles. The molecule has 0 nitrogen and oxygen atoms in total. The molecule has 6 heteroatoms. The van der Waals surface area contributed by atoms with Crippen LogP contribution in [-0.2, 0) is 0 Å². The van der Waals surface area contributed by atoms with Crippen molar-refractivity contribution in [3.8, 4) is 0 Å². The maximum absolute atomic E-state index is 11.8. The van der Waals surface area contributed by atoms with Gasteiger partial charge < -0.3 is 0 Å². The minimum Gasteiger partial charge on any atom is -0.212 e. The third-order valence-electron chi connectivity index (χ3n) is 0.707. The molecule has 64 valence electrons.